The number of ether oxygens (including phenoxy) is 1. The largest absolute Gasteiger partial charge is 0.495 e. The minimum Gasteiger partial charge on any atom is -0.495 e. The smallest absolute Gasteiger partial charge is 0.137 e. The lowest BCUT2D eigenvalue weighted by Crippen LogP contribution is -1.89. The van der Waals surface area contributed by atoms with Crippen LogP contribution in [0.1, 0.15) is 5.56 Å². The average Bonchev–Trinajstić information content (AvgIpc) is 2.39. The van der Waals surface area contributed by atoms with Crippen molar-refractivity contribution in [2.75, 3.05) is 7.11 Å². The maximum Gasteiger partial charge on any atom is 0.137 e. The second-order valence-corrected chi connectivity index (χ2v) is 3.27. The van der Waals surface area contributed by atoms with Crippen molar-refractivity contribution >= 4 is 0 Å². The second kappa shape index (κ2) is 4.45. The van der Waals surface area contributed by atoms with Gasteiger partial charge in [-0.25, -0.2) is 0 Å². The summed E-state index contributed by atoms with van der Waals surface area (Å²) in [5.41, 5.74) is 2.53. The van der Waals surface area contributed by atoms with E-state index in [4.69, 9.17) is 10.00 Å². The molecule has 1 aromatic heterocycles. The summed E-state index contributed by atoms with van der Waals surface area (Å²) in [6, 6.07) is 11.4. The van der Waals surface area contributed by atoms with Crippen LogP contribution >= 0.6 is 0 Å². The molecule has 0 aliphatic heterocycles. The van der Waals surface area contributed by atoms with Crippen molar-refractivity contribution in [1.29, 1.82) is 5.26 Å². The van der Waals surface area contributed by atoms with Gasteiger partial charge in [-0.3, -0.25) is 4.98 Å². The molecule has 0 atom stereocenters. The first-order chi connectivity index (χ1) is 7.85. The van der Waals surface area contributed by atoms with Crippen LogP contribution in [-0.2, 0) is 0 Å². The summed E-state index contributed by atoms with van der Waals surface area (Å²) in [5.74, 6) is 0.587. The SMILES string of the molecule is COc1cc(-c2cccnc2)ccc1C#N. The molecular formula is C13H10N2O. The molecule has 3 heteroatoms. The number of aromatic nitrogens is 1. The van der Waals surface area contributed by atoms with Crippen molar-refractivity contribution in [3.63, 3.8) is 0 Å². The van der Waals surface area contributed by atoms with Gasteiger partial charge in [0, 0.05) is 18.0 Å². The number of methoxy groups -OCH3 is 1. The Morgan fingerprint density at radius 1 is 1.25 bits per heavy atom. The Morgan fingerprint density at radius 3 is 2.75 bits per heavy atom. The molecule has 78 valence electrons. The molecule has 0 saturated carbocycles. The summed E-state index contributed by atoms with van der Waals surface area (Å²) in [6.07, 6.45) is 3.51. The maximum atomic E-state index is 8.87. The minimum atomic E-state index is 0.537. The van der Waals surface area contributed by atoms with Crippen LogP contribution in [0, 0.1) is 11.3 Å². The van der Waals surface area contributed by atoms with Crippen molar-refractivity contribution in [3.8, 4) is 22.9 Å². The lowest BCUT2D eigenvalue weighted by molar-refractivity contribution is 0.413. The standard InChI is InChI=1S/C13H10N2O/c1-16-13-7-10(4-5-11(13)8-14)12-3-2-6-15-9-12/h2-7,9H,1H3. The summed E-state index contributed by atoms with van der Waals surface area (Å²) in [7, 11) is 1.56. The molecule has 0 fully saturated rings. The molecule has 3 nitrogen and oxygen atoms in total. The summed E-state index contributed by atoms with van der Waals surface area (Å²) < 4.78 is 5.16. The zero-order chi connectivity index (χ0) is 11.4. The fourth-order valence-corrected chi connectivity index (χ4v) is 1.50. The summed E-state index contributed by atoms with van der Waals surface area (Å²) >= 11 is 0. The van der Waals surface area contributed by atoms with Gasteiger partial charge in [0.05, 0.1) is 12.7 Å². The monoisotopic (exact) mass is 210 g/mol. The van der Waals surface area contributed by atoms with Gasteiger partial charge in [0.1, 0.15) is 11.8 Å². The number of benzene rings is 1. The molecule has 0 unspecified atom stereocenters. The number of rotatable bonds is 2. The molecule has 16 heavy (non-hydrogen) atoms. The molecule has 1 heterocycles. The van der Waals surface area contributed by atoms with Crippen LogP contribution in [0.5, 0.6) is 5.75 Å². The maximum absolute atomic E-state index is 8.87. The Labute approximate surface area is 93.9 Å². The van der Waals surface area contributed by atoms with Crippen molar-refractivity contribution in [3.05, 3.63) is 48.3 Å². The molecule has 0 radical (unpaired) electrons. The third kappa shape index (κ3) is 1.86. The van der Waals surface area contributed by atoms with E-state index in [1.165, 1.54) is 0 Å². The fraction of sp³-hybridized carbons (Fsp3) is 0.0769. The predicted molar refractivity (Wildman–Crippen MR) is 60.9 cm³/mol. The Bertz CT molecular complexity index is 529. The van der Waals surface area contributed by atoms with E-state index in [2.05, 4.69) is 11.1 Å². The normalized spacial score (nSPS) is 9.50. The van der Waals surface area contributed by atoms with Gasteiger partial charge in [0.2, 0.25) is 0 Å². The van der Waals surface area contributed by atoms with Crippen LogP contribution in [0.25, 0.3) is 11.1 Å². The van der Waals surface area contributed by atoms with Crippen molar-refractivity contribution in [1.82, 2.24) is 4.98 Å². The number of hydrogen-bond acceptors (Lipinski definition) is 3. The number of hydrogen-bond donors (Lipinski definition) is 0. The van der Waals surface area contributed by atoms with Gasteiger partial charge in [-0.2, -0.15) is 5.26 Å². The van der Waals surface area contributed by atoms with E-state index in [1.807, 2.05) is 24.3 Å². The first kappa shape index (κ1) is 10.2. The quantitative estimate of drug-likeness (QED) is 0.765. The van der Waals surface area contributed by atoms with E-state index in [0.29, 0.717) is 11.3 Å². The third-order valence-electron chi connectivity index (χ3n) is 2.32. The third-order valence-corrected chi connectivity index (χ3v) is 2.32. The zero-order valence-electron chi connectivity index (χ0n) is 8.84. The van der Waals surface area contributed by atoms with Crippen molar-refractivity contribution in [2.45, 2.75) is 0 Å². The Balaban J connectivity index is 2.49. The number of pyridine rings is 1. The van der Waals surface area contributed by atoms with Crippen LogP contribution in [0.15, 0.2) is 42.7 Å². The molecular weight excluding hydrogens is 200 g/mol. The molecule has 0 aliphatic rings. The molecule has 0 bridgehead atoms. The van der Waals surface area contributed by atoms with E-state index in [-0.39, 0.29) is 0 Å². The van der Waals surface area contributed by atoms with Crippen LogP contribution in [0.4, 0.5) is 0 Å². The highest BCUT2D eigenvalue weighted by Gasteiger charge is 2.04. The van der Waals surface area contributed by atoms with Crippen LogP contribution in [0.2, 0.25) is 0 Å². The fourth-order valence-electron chi connectivity index (χ4n) is 1.50. The molecule has 1 aromatic carbocycles. The number of nitriles is 1. The predicted octanol–water partition coefficient (Wildman–Crippen LogP) is 2.63. The molecule has 2 rings (SSSR count). The van der Waals surface area contributed by atoms with E-state index in [9.17, 15) is 0 Å². The van der Waals surface area contributed by atoms with E-state index < -0.39 is 0 Å². The van der Waals surface area contributed by atoms with E-state index in [1.54, 1.807) is 25.6 Å². The second-order valence-electron chi connectivity index (χ2n) is 3.27. The van der Waals surface area contributed by atoms with Gasteiger partial charge < -0.3 is 4.74 Å². The van der Waals surface area contributed by atoms with Crippen molar-refractivity contribution < 1.29 is 4.74 Å². The van der Waals surface area contributed by atoms with Gasteiger partial charge in [0.15, 0.2) is 0 Å². The lowest BCUT2D eigenvalue weighted by Gasteiger charge is -2.05. The van der Waals surface area contributed by atoms with Crippen LogP contribution in [0.3, 0.4) is 0 Å². The van der Waals surface area contributed by atoms with Gasteiger partial charge in [0.25, 0.3) is 0 Å². The van der Waals surface area contributed by atoms with Crippen LogP contribution < -0.4 is 4.74 Å². The molecule has 0 saturated heterocycles. The first-order valence-electron chi connectivity index (χ1n) is 4.83. The Hall–Kier alpha value is -2.34. The molecule has 0 amide bonds. The molecule has 0 aliphatic carbocycles. The zero-order valence-corrected chi connectivity index (χ0v) is 8.84. The summed E-state index contributed by atoms with van der Waals surface area (Å²) in [5, 5.41) is 8.87. The minimum absolute atomic E-state index is 0.537. The average molecular weight is 210 g/mol. The lowest BCUT2D eigenvalue weighted by atomic mass is 10.1. The van der Waals surface area contributed by atoms with Gasteiger partial charge in [-0.05, 0) is 23.8 Å². The summed E-state index contributed by atoms with van der Waals surface area (Å²) in [6.45, 7) is 0. The highest BCUT2D eigenvalue weighted by Crippen LogP contribution is 2.26. The molecule has 0 N–H and O–H groups in total. The van der Waals surface area contributed by atoms with Gasteiger partial charge in [-0.1, -0.05) is 12.1 Å². The van der Waals surface area contributed by atoms with Gasteiger partial charge >= 0.3 is 0 Å². The van der Waals surface area contributed by atoms with Crippen molar-refractivity contribution in [2.24, 2.45) is 0 Å². The molecule has 0 spiro atoms. The Kier molecular flexibility index (Phi) is 2.84. The van der Waals surface area contributed by atoms with Crippen LogP contribution in [-0.4, -0.2) is 12.1 Å². The highest BCUT2D eigenvalue weighted by atomic mass is 16.5. The highest BCUT2D eigenvalue weighted by molar-refractivity contribution is 5.66. The number of nitrogens with zero attached hydrogens (tertiary/aromatic N) is 2. The van der Waals surface area contributed by atoms with E-state index in [0.717, 1.165) is 11.1 Å². The Morgan fingerprint density at radius 2 is 2.12 bits per heavy atom. The topological polar surface area (TPSA) is 45.9 Å². The summed E-state index contributed by atoms with van der Waals surface area (Å²) in [4.78, 5) is 4.05. The van der Waals surface area contributed by atoms with E-state index >= 15 is 0 Å². The molecule has 2 aromatic rings. The van der Waals surface area contributed by atoms with Gasteiger partial charge in [-0.15, -0.1) is 0 Å². The first-order valence-corrected chi connectivity index (χ1v) is 4.83.